The molecule has 1 saturated heterocycles. The number of hydrogen-bond acceptors (Lipinski definition) is 5. The summed E-state index contributed by atoms with van der Waals surface area (Å²) in [6.07, 6.45) is 0.464. The number of piperidine rings is 1. The van der Waals surface area contributed by atoms with Crippen LogP contribution in [-0.2, 0) is 14.8 Å². The van der Waals surface area contributed by atoms with Crippen LogP contribution in [0.15, 0.2) is 47.4 Å². The highest BCUT2D eigenvalue weighted by Gasteiger charge is 2.33. The minimum atomic E-state index is -3.98. The Morgan fingerprint density at radius 2 is 1.81 bits per heavy atom. The lowest BCUT2D eigenvalue weighted by Gasteiger charge is -2.30. The van der Waals surface area contributed by atoms with Gasteiger partial charge in [0, 0.05) is 24.0 Å². The molecule has 0 atom stereocenters. The number of nitrogens with one attached hydrogen (secondary N) is 2. The van der Waals surface area contributed by atoms with Gasteiger partial charge in [-0.05, 0) is 43.2 Å². The quantitative estimate of drug-likeness (QED) is 0.654. The van der Waals surface area contributed by atoms with Crippen molar-refractivity contribution in [2.75, 3.05) is 20.2 Å². The third-order valence-corrected chi connectivity index (χ3v) is 7.15. The van der Waals surface area contributed by atoms with Crippen LogP contribution in [0, 0.1) is 11.7 Å². The lowest BCUT2D eigenvalue weighted by molar-refractivity contribution is -0.126. The first kappa shape index (κ1) is 23.0. The Bertz CT molecular complexity index is 1090. The van der Waals surface area contributed by atoms with Crippen LogP contribution in [0.5, 0.6) is 5.75 Å². The standard InChI is InChI=1S/C20H21ClFN3O5S/c1-30-17-7-6-14(21)12-15(17)20(27)24-23-19(26)13-8-10-25(11-9-13)31(28,29)18-5-3-2-4-16(18)22/h2-7,12-13H,8-11H2,1H3,(H,23,26)(H,24,27). The number of ether oxygens (including phenoxy) is 1. The van der Waals surface area contributed by atoms with Gasteiger partial charge in [-0.15, -0.1) is 0 Å². The second kappa shape index (κ2) is 9.63. The van der Waals surface area contributed by atoms with E-state index in [1.165, 1.54) is 37.4 Å². The number of halogens is 2. The minimum absolute atomic E-state index is 0.0603. The molecule has 1 aliphatic heterocycles. The molecule has 2 N–H and O–H groups in total. The molecule has 0 saturated carbocycles. The molecule has 0 unspecified atom stereocenters. The van der Waals surface area contributed by atoms with Crippen molar-refractivity contribution < 1.29 is 27.1 Å². The number of hydrogen-bond donors (Lipinski definition) is 2. The summed E-state index contributed by atoms with van der Waals surface area (Å²) in [5.74, 6) is -2.08. The lowest BCUT2D eigenvalue weighted by atomic mass is 9.98. The van der Waals surface area contributed by atoms with E-state index in [0.717, 1.165) is 10.4 Å². The molecule has 0 aromatic heterocycles. The van der Waals surface area contributed by atoms with Crippen LogP contribution >= 0.6 is 11.6 Å². The zero-order valence-electron chi connectivity index (χ0n) is 16.6. The van der Waals surface area contributed by atoms with Crippen molar-refractivity contribution in [3.63, 3.8) is 0 Å². The maximum atomic E-state index is 13.9. The molecule has 0 aliphatic carbocycles. The number of amides is 2. The fourth-order valence-corrected chi connectivity index (χ4v) is 5.00. The van der Waals surface area contributed by atoms with Crippen LogP contribution in [0.3, 0.4) is 0 Å². The fourth-order valence-electron chi connectivity index (χ4n) is 3.30. The molecule has 8 nitrogen and oxygen atoms in total. The van der Waals surface area contributed by atoms with E-state index in [4.69, 9.17) is 16.3 Å². The van der Waals surface area contributed by atoms with Crippen molar-refractivity contribution in [2.45, 2.75) is 17.7 Å². The molecule has 1 heterocycles. The molecule has 2 aromatic rings. The van der Waals surface area contributed by atoms with Crippen LogP contribution in [-0.4, -0.2) is 44.7 Å². The Hall–Kier alpha value is -2.69. The van der Waals surface area contributed by atoms with E-state index in [1.54, 1.807) is 6.07 Å². The van der Waals surface area contributed by atoms with E-state index in [-0.39, 0.29) is 36.4 Å². The molecule has 0 bridgehead atoms. The Labute approximate surface area is 184 Å². The molecule has 3 rings (SSSR count). The highest BCUT2D eigenvalue weighted by molar-refractivity contribution is 7.89. The van der Waals surface area contributed by atoms with E-state index >= 15 is 0 Å². The number of carbonyl (C=O) groups is 2. The molecule has 11 heteroatoms. The van der Waals surface area contributed by atoms with Crippen molar-refractivity contribution in [1.82, 2.24) is 15.2 Å². The van der Waals surface area contributed by atoms with Crippen LogP contribution in [0.2, 0.25) is 5.02 Å². The normalized spacial score (nSPS) is 15.3. The number of methoxy groups -OCH3 is 1. The first-order valence-electron chi connectivity index (χ1n) is 9.42. The van der Waals surface area contributed by atoms with E-state index in [9.17, 15) is 22.4 Å². The van der Waals surface area contributed by atoms with E-state index in [2.05, 4.69) is 10.9 Å². The van der Waals surface area contributed by atoms with Gasteiger partial charge in [0.25, 0.3) is 5.91 Å². The molecule has 0 spiro atoms. The first-order valence-corrected chi connectivity index (χ1v) is 11.2. The van der Waals surface area contributed by atoms with Gasteiger partial charge in [0.15, 0.2) is 0 Å². The Morgan fingerprint density at radius 3 is 2.45 bits per heavy atom. The number of benzene rings is 2. The highest BCUT2D eigenvalue weighted by Crippen LogP contribution is 2.25. The van der Waals surface area contributed by atoms with Gasteiger partial charge in [0.05, 0.1) is 12.7 Å². The molecule has 0 radical (unpaired) electrons. The van der Waals surface area contributed by atoms with Crippen LogP contribution < -0.4 is 15.6 Å². The number of hydrazine groups is 1. The highest BCUT2D eigenvalue weighted by atomic mass is 35.5. The second-order valence-corrected chi connectivity index (χ2v) is 9.24. The number of carbonyl (C=O) groups excluding carboxylic acids is 2. The summed E-state index contributed by atoms with van der Waals surface area (Å²) in [5.41, 5.74) is 4.82. The topological polar surface area (TPSA) is 105 Å². The second-order valence-electron chi connectivity index (χ2n) is 6.90. The minimum Gasteiger partial charge on any atom is -0.496 e. The number of sulfonamides is 1. The largest absolute Gasteiger partial charge is 0.496 e. The molecule has 2 amide bonds. The van der Waals surface area contributed by atoms with Gasteiger partial charge in [-0.25, -0.2) is 12.8 Å². The van der Waals surface area contributed by atoms with Crippen LogP contribution in [0.25, 0.3) is 0 Å². The predicted octanol–water partition coefficient (Wildman–Crippen LogP) is 2.35. The van der Waals surface area contributed by atoms with Crippen LogP contribution in [0.1, 0.15) is 23.2 Å². The van der Waals surface area contributed by atoms with Gasteiger partial charge in [0.2, 0.25) is 15.9 Å². The Morgan fingerprint density at radius 1 is 1.13 bits per heavy atom. The average molecular weight is 470 g/mol. The smallest absolute Gasteiger partial charge is 0.273 e. The van der Waals surface area contributed by atoms with Crippen molar-refractivity contribution in [1.29, 1.82) is 0 Å². The van der Waals surface area contributed by atoms with Gasteiger partial charge in [0.1, 0.15) is 16.5 Å². The summed E-state index contributed by atoms with van der Waals surface area (Å²) in [5, 5.41) is 0.334. The summed E-state index contributed by atoms with van der Waals surface area (Å²) >= 11 is 5.91. The summed E-state index contributed by atoms with van der Waals surface area (Å²) < 4.78 is 45.5. The molecule has 2 aromatic carbocycles. The molecule has 166 valence electrons. The van der Waals surface area contributed by atoms with Gasteiger partial charge in [-0.3, -0.25) is 20.4 Å². The zero-order chi connectivity index (χ0) is 22.6. The molecular formula is C20H21ClFN3O5S. The Kier molecular flexibility index (Phi) is 7.14. The zero-order valence-corrected chi connectivity index (χ0v) is 18.2. The maximum Gasteiger partial charge on any atom is 0.273 e. The van der Waals surface area contributed by atoms with Crippen LogP contribution in [0.4, 0.5) is 4.39 Å². The van der Waals surface area contributed by atoms with Gasteiger partial charge in [-0.1, -0.05) is 23.7 Å². The fraction of sp³-hybridized carbons (Fsp3) is 0.300. The summed E-state index contributed by atoms with van der Waals surface area (Å²) in [4.78, 5) is 24.4. The summed E-state index contributed by atoms with van der Waals surface area (Å²) in [6.45, 7) is 0.121. The SMILES string of the molecule is COc1ccc(Cl)cc1C(=O)NNC(=O)C1CCN(S(=O)(=O)c2ccccc2F)CC1. The van der Waals surface area contributed by atoms with Crippen molar-refractivity contribution in [3.8, 4) is 5.75 Å². The van der Waals surface area contributed by atoms with E-state index in [0.29, 0.717) is 10.8 Å². The number of rotatable bonds is 5. The predicted molar refractivity (Wildman–Crippen MR) is 111 cm³/mol. The van der Waals surface area contributed by atoms with Gasteiger partial charge < -0.3 is 4.74 Å². The number of nitrogens with zero attached hydrogens (tertiary/aromatic N) is 1. The Balaban J connectivity index is 1.57. The third-order valence-electron chi connectivity index (χ3n) is 4.98. The summed E-state index contributed by atoms with van der Waals surface area (Å²) in [6, 6.07) is 9.68. The van der Waals surface area contributed by atoms with E-state index in [1.807, 2.05) is 0 Å². The lowest BCUT2D eigenvalue weighted by Crippen LogP contribution is -2.48. The van der Waals surface area contributed by atoms with Crippen molar-refractivity contribution in [2.24, 2.45) is 5.92 Å². The van der Waals surface area contributed by atoms with Crippen molar-refractivity contribution >= 4 is 33.4 Å². The first-order chi connectivity index (χ1) is 14.7. The van der Waals surface area contributed by atoms with Crippen molar-refractivity contribution in [3.05, 3.63) is 58.9 Å². The van der Waals surface area contributed by atoms with E-state index < -0.39 is 33.6 Å². The maximum absolute atomic E-state index is 13.9. The monoisotopic (exact) mass is 469 g/mol. The molecule has 1 fully saturated rings. The summed E-state index contributed by atoms with van der Waals surface area (Å²) in [7, 11) is -2.58. The molecule has 31 heavy (non-hydrogen) atoms. The average Bonchev–Trinajstić information content (AvgIpc) is 2.77. The van der Waals surface area contributed by atoms with Gasteiger partial charge >= 0.3 is 0 Å². The molecule has 1 aliphatic rings. The third kappa shape index (κ3) is 5.15. The molecular weight excluding hydrogens is 449 g/mol. The van der Waals surface area contributed by atoms with Gasteiger partial charge in [-0.2, -0.15) is 4.31 Å².